The number of hydrogen-bond acceptors (Lipinski definition) is 5. The van der Waals surface area contributed by atoms with E-state index in [9.17, 15) is 4.79 Å². The van der Waals surface area contributed by atoms with E-state index < -0.39 is 0 Å². The molecule has 0 saturated carbocycles. The number of amides is 1. The smallest absolute Gasteiger partial charge is 0.263 e. The van der Waals surface area contributed by atoms with Crippen molar-refractivity contribution in [1.82, 2.24) is 10.3 Å². The van der Waals surface area contributed by atoms with E-state index in [0.29, 0.717) is 11.4 Å². The van der Waals surface area contributed by atoms with Gasteiger partial charge in [0.05, 0.1) is 0 Å². The normalized spacial score (nSPS) is 10.4. The van der Waals surface area contributed by atoms with E-state index in [-0.39, 0.29) is 18.3 Å². The first-order chi connectivity index (χ1) is 11.6. The predicted molar refractivity (Wildman–Crippen MR) is 92.7 cm³/mol. The van der Waals surface area contributed by atoms with E-state index in [1.54, 1.807) is 0 Å². The maximum Gasteiger partial charge on any atom is 0.263 e. The highest BCUT2D eigenvalue weighted by atomic mass is 79.9. The first kappa shape index (κ1) is 16.2. The molecule has 0 bridgehead atoms. The van der Waals surface area contributed by atoms with Crippen molar-refractivity contribution in [3.05, 3.63) is 58.6 Å². The minimum atomic E-state index is -0.340. The van der Waals surface area contributed by atoms with Crippen molar-refractivity contribution in [3.63, 3.8) is 0 Å². The van der Waals surface area contributed by atoms with E-state index in [2.05, 4.69) is 31.6 Å². The van der Waals surface area contributed by atoms with Crippen LogP contribution in [-0.4, -0.2) is 22.8 Å². The molecule has 7 heteroatoms. The van der Waals surface area contributed by atoms with Gasteiger partial charge >= 0.3 is 0 Å². The molecule has 1 heterocycles. The van der Waals surface area contributed by atoms with Gasteiger partial charge in [-0.25, -0.2) is 4.63 Å². The predicted octanol–water partition coefficient (Wildman–Crippen LogP) is 3.83. The van der Waals surface area contributed by atoms with Gasteiger partial charge in [-0.15, -0.1) is 0 Å². The van der Waals surface area contributed by atoms with Crippen LogP contribution < -0.4 is 10.1 Å². The number of benzene rings is 2. The lowest BCUT2D eigenvalue weighted by molar-refractivity contribution is -0.118. The van der Waals surface area contributed by atoms with Crippen LogP contribution in [0.25, 0.3) is 11.3 Å². The number of nitrogens with zero attached hydrogens (tertiary/aromatic N) is 2. The fraction of sp³-hybridized carbons (Fsp3) is 0.118. The number of aromatic nitrogens is 2. The van der Waals surface area contributed by atoms with Crippen LogP contribution in [-0.2, 0) is 4.79 Å². The lowest BCUT2D eigenvalue weighted by atomic mass is 10.1. The largest absolute Gasteiger partial charge is 0.483 e. The van der Waals surface area contributed by atoms with Crippen molar-refractivity contribution in [3.8, 4) is 17.0 Å². The van der Waals surface area contributed by atoms with Crippen LogP contribution in [0.5, 0.6) is 5.75 Å². The number of rotatable bonds is 5. The molecule has 6 nitrogen and oxygen atoms in total. The molecule has 0 atom stereocenters. The van der Waals surface area contributed by atoms with E-state index in [1.807, 2.05) is 55.5 Å². The number of para-hydroxylation sites is 1. The molecule has 24 heavy (non-hydrogen) atoms. The van der Waals surface area contributed by atoms with Crippen LogP contribution >= 0.6 is 15.9 Å². The summed E-state index contributed by atoms with van der Waals surface area (Å²) in [6.45, 7) is 1.79. The number of carbonyl (C=O) groups is 1. The van der Waals surface area contributed by atoms with Crippen LogP contribution in [0.3, 0.4) is 0 Å². The Morgan fingerprint density at radius 3 is 2.67 bits per heavy atom. The van der Waals surface area contributed by atoms with Gasteiger partial charge in [-0.1, -0.05) is 46.3 Å². The summed E-state index contributed by atoms with van der Waals surface area (Å²) in [6, 6.07) is 14.9. The van der Waals surface area contributed by atoms with Crippen LogP contribution in [0.15, 0.2) is 57.6 Å². The monoisotopic (exact) mass is 387 g/mol. The maximum absolute atomic E-state index is 12.1. The highest BCUT2D eigenvalue weighted by molar-refractivity contribution is 9.10. The van der Waals surface area contributed by atoms with Crippen molar-refractivity contribution >= 4 is 27.7 Å². The number of ether oxygens (including phenoxy) is 1. The highest BCUT2D eigenvalue weighted by Crippen LogP contribution is 2.25. The number of halogens is 1. The minimum Gasteiger partial charge on any atom is -0.483 e. The molecule has 1 aromatic heterocycles. The molecule has 2 aromatic carbocycles. The van der Waals surface area contributed by atoms with E-state index in [0.717, 1.165) is 15.6 Å². The molecule has 0 radical (unpaired) electrons. The highest BCUT2D eigenvalue weighted by Gasteiger charge is 2.15. The Kier molecular flexibility index (Phi) is 4.90. The number of hydrogen-bond donors (Lipinski definition) is 1. The van der Waals surface area contributed by atoms with Crippen LogP contribution in [0.2, 0.25) is 0 Å². The number of nitrogens with one attached hydrogen (secondary N) is 1. The second kappa shape index (κ2) is 7.27. The summed E-state index contributed by atoms with van der Waals surface area (Å²) < 4.78 is 11.2. The fourth-order valence-corrected chi connectivity index (χ4v) is 2.36. The Morgan fingerprint density at radius 2 is 1.92 bits per heavy atom. The molecule has 1 N–H and O–H groups in total. The molecule has 3 rings (SSSR count). The summed E-state index contributed by atoms with van der Waals surface area (Å²) >= 11 is 3.37. The third-order valence-electron chi connectivity index (χ3n) is 3.32. The molecule has 0 saturated heterocycles. The van der Waals surface area contributed by atoms with Crippen molar-refractivity contribution in [1.29, 1.82) is 0 Å². The average molecular weight is 388 g/mol. The van der Waals surface area contributed by atoms with Gasteiger partial charge in [0.15, 0.2) is 12.3 Å². The molecule has 0 aliphatic heterocycles. The summed E-state index contributed by atoms with van der Waals surface area (Å²) in [5.74, 6) is 0.585. The van der Waals surface area contributed by atoms with Gasteiger partial charge in [-0.05, 0) is 41.0 Å². The summed E-state index contributed by atoms with van der Waals surface area (Å²) in [5, 5.41) is 10.2. The van der Waals surface area contributed by atoms with E-state index in [4.69, 9.17) is 9.37 Å². The minimum absolute atomic E-state index is 0.127. The van der Waals surface area contributed by atoms with Gasteiger partial charge in [0, 0.05) is 10.0 Å². The third-order valence-corrected chi connectivity index (χ3v) is 3.85. The van der Waals surface area contributed by atoms with Gasteiger partial charge in [-0.2, -0.15) is 0 Å². The zero-order valence-corrected chi connectivity index (χ0v) is 14.4. The first-order valence-corrected chi connectivity index (χ1v) is 7.99. The lowest BCUT2D eigenvalue weighted by Crippen LogP contribution is -2.21. The number of aryl methyl sites for hydroxylation is 1. The van der Waals surface area contributed by atoms with Crippen LogP contribution in [0.1, 0.15) is 5.56 Å². The summed E-state index contributed by atoms with van der Waals surface area (Å²) in [6.07, 6.45) is 0. The Balaban J connectivity index is 1.66. The molecule has 3 aromatic rings. The van der Waals surface area contributed by atoms with Gasteiger partial charge in [0.1, 0.15) is 5.75 Å². The Labute approximate surface area is 146 Å². The molecule has 0 unspecified atom stereocenters. The Morgan fingerprint density at radius 1 is 1.17 bits per heavy atom. The zero-order valence-electron chi connectivity index (χ0n) is 12.8. The number of anilines is 1. The van der Waals surface area contributed by atoms with Gasteiger partial charge < -0.3 is 10.1 Å². The summed E-state index contributed by atoms with van der Waals surface area (Å²) in [5.41, 5.74) is 2.21. The van der Waals surface area contributed by atoms with Crippen molar-refractivity contribution in [2.24, 2.45) is 0 Å². The standard InChI is InChI=1S/C17H14BrN3O3/c1-11-4-2-3-5-14(11)23-10-15(22)19-17-16(20-24-21-17)12-6-8-13(18)9-7-12/h2-9H,10H2,1H3,(H,19,21,22). The third kappa shape index (κ3) is 3.80. The number of carbonyl (C=O) groups excluding carboxylic acids is 1. The van der Waals surface area contributed by atoms with Gasteiger partial charge in [-0.3, -0.25) is 4.79 Å². The molecule has 0 aliphatic carbocycles. The molecular weight excluding hydrogens is 374 g/mol. The van der Waals surface area contributed by atoms with Crippen LogP contribution in [0, 0.1) is 6.92 Å². The molecule has 122 valence electrons. The van der Waals surface area contributed by atoms with Gasteiger partial charge in [0.25, 0.3) is 5.91 Å². The summed E-state index contributed by atoms with van der Waals surface area (Å²) in [7, 11) is 0. The SMILES string of the molecule is Cc1ccccc1OCC(=O)Nc1nonc1-c1ccc(Br)cc1. The second-order valence-electron chi connectivity index (χ2n) is 5.07. The second-order valence-corrected chi connectivity index (χ2v) is 5.99. The van der Waals surface area contributed by atoms with Crippen LogP contribution in [0.4, 0.5) is 5.82 Å². The van der Waals surface area contributed by atoms with E-state index >= 15 is 0 Å². The maximum atomic E-state index is 12.1. The molecule has 0 aliphatic rings. The Hall–Kier alpha value is -2.67. The first-order valence-electron chi connectivity index (χ1n) is 7.20. The molecule has 0 fully saturated rings. The van der Waals surface area contributed by atoms with Gasteiger partial charge in [0.2, 0.25) is 5.82 Å². The Bertz CT molecular complexity index is 846. The van der Waals surface area contributed by atoms with E-state index in [1.165, 1.54) is 0 Å². The fourth-order valence-electron chi connectivity index (χ4n) is 2.10. The topological polar surface area (TPSA) is 77.2 Å². The van der Waals surface area contributed by atoms with Crippen molar-refractivity contribution < 1.29 is 14.2 Å². The molecular formula is C17H14BrN3O3. The summed E-state index contributed by atoms with van der Waals surface area (Å²) in [4.78, 5) is 12.1. The quantitative estimate of drug-likeness (QED) is 0.719. The van der Waals surface area contributed by atoms with Crippen molar-refractivity contribution in [2.75, 3.05) is 11.9 Å². The molecule has 1 amide bonds. The van der Waals surface area contributed by atoms with Crippen molar-refractivity contribution in [2.45, 2.75) is 6.92 Å². The average Bonchev–Trinajstić information content (AvgIpc) is 3.03. The zero-order chi connectivity index (χ0) is 16.9. The molecule has 0 spiro atoms. The lowest BCUT2D eigenvalue weighted by Gasteiger charge is -2.08.